The Balaban J connectivity index is 2.12. The molecule has 0 aliphatic rings. The monoisotopic (exact) mass is 274 g/mol. The second-order valence-corrected chi connectivity index (χ2v) is 5.10. The maximum absolute atomic E-state index is 10.8. The highest BCUT2D eigenvalue weighted by atomic mass is 32.2. The molecule has 5 heteroatoms. The Bertz CT molecular complexity index is 614. The number of benzene rings is 1. The minimum absolute atomic E-state index is 0.0717. The van der Waals surface area contributed by atoms with E-state index in [4.69, 9.17) is 10.8 Å². The maximum Gasteiger partial charge on any atom is 0.354 e. The molecule has 0 unspecified atom stereocenters. The summed E-state index contributed by atoms with van der Waals surface area (Å²) < 4.78 is 0. The smallest absolute Gasteiger partial charge is 0.354 e. The lowest BCUT2D eigenvalue weighted by atomic mass is 10.2. The zero-order valence-corrected chi connectivity index (χ0v) is 11.3. The number of anilines is 1. The molecule has 0 fully saturated rings. The number of nitrogens with two attached hydrogens (primary N) is 1. The highest BCUT2D eigenvalue weighted by Crippen LogP contribution is 2.28. The van der Waals surface area contributed by atoms with Crippen LogP contribution in [0.2, 0.25) is 0 Å². The third kappa shape index (κ3) is 3.26. The summed E-state index contributed by atoms with van der Waals surface area (Å²) in [6.45, 7) is 1.97. The average molecular weight is 274 g/mol. The van der Waals surface area contributed by atoms with Crippen molar-refractivity contribution in [2.45, 2.75) is 17.6 Å². The number of nitrogens with zero attached hydrogens (tertiary/aromatic N) is 1. The standard InChI is InChI=1S/C14H14N2O2S/c1-9-11(15)5-3-7-13(9)19-8-10-4-2-6-12(16-10)14(17)18/h2-7H,8,15H2,1H3,(H,17,18). The number of aromatic carboxylic acids is 1. The molecule has 0 atom stereocenters. The first kappa shape index (κ1) is 13.4. The van der Waals surface area contributed by atoms with Crippen LogP contribution in [-0.4, -0.2) is 16.1 Å². The van der Waals surface area contributed by atoms with Crippen molar-refractivity contribution in [3.63, 3.8) is 0 Å². The van der Waals surface area contributed by atoms with Crippen LogP contribution in [0.1, 0.15) is 21.7 Å². The number of aromatic nitrogens is 1. The van der Waals surface area contributed by atoms with E-state index in [1.807, 2.05) is 31.2 Å². The van der Waals surface area contributed by atoms with E-state index >= 15 is 0 Å². The number of carboxylic acids is 1. The number of thioether (sulfide) groups is 1. The van der Waals surface area contributed by atoms with Crippen LogP contribution in [-0.2, 0) is 5.75 Å². The van der Waals surface area contributed by atoms with Gasteiger partial charge in [0.1, 0.15) is 5.69 Å². The summed E-state index contributed by atoms with van der Waals surface area (Å²) in [4.78, 5) is 16.0. The Morgan fingerprint density at radius 1 is 1.32 bits per heavy atom. The number of carboxylic acid groups (broad SMARTS) is 1. The second-order valence-electron chi connectivity index (χ2n) is 4.08. The van der Waals surface area contributed by atoms with Crippen molar-refractivity contribution in [3.05, 3.63) is 53.3 Å². The summed E-state index contributed by atoms with van der Waals surface area (Å²) in [5.74, 6) is -0.391. The summed E-state index contributed by atoms with van der Waals surface area (Å²) in [6, 6.07) is 10.8. The molecule has 1 aromatic carbocycles. The van der Waals surface area contributed by atoms with Gasteiger partial charge in [-0.25, -0.2) is 9.78 Å². The molecule has 2 aromatic rings. The van der Waals surface area contributed by atoms with Gasteiger partial charge < -0.3 is 10.8 Å². The first-order valence-corrected chi connectivity index (χ1v) is 6.73. The van der Waals surface area contributed by atoms with Crippen molar-refractivity contribution in [3.8, 4) is 0 Å². The zero-order valence-electron chi connectivity index (χ0n) is 10.5. The van der Waals surface area contributed by atoms with Gasteiger partial charge in [-0.2, -0.15) is 0 Å². The van der Waals surface area contributed by atoms with E-state index in [0.29, 0.717) is 5.75 Å². The van der Waals surface area contributed by atoms with Crippen molar-refractivity contribution < 1.29 is 9.90 Å². The maximum atomic E-state index is 10.8. The van der Waals surface area contributed by atoms with E-state index in [2.05, 4.69) is 4.98 Å². The number of carbonyl (C=O) groups is 1. The third-order valence-electron chi connectivity index (χ3n) is 2.73. The molecular formula is C14H14N2O2S. The molecule has 3 N–H and O–H groups in total. The molecule has 1 heterocycles. The number of hydrogen-bond donors (Lipinski definition) is 2. The van der Waals surface area contributed by atoms with Crippen molar-refractivity contribution in [1.29, 1.82) is 0 Å². The van der Waals surface area contributed by atoms with Crippen molar-refractivity contribution in [1.82, 2.24) is 4.98 Å². The van der Waals surface area contributed by atoms with Crippen LogP contribution in [0, 0.1) is 6.92 Å². The van der Waals surface area contributed by atoms with E-state index in [1.165, 1.54) is 6.07 Å². The highest BCUT2D eigenvalue weighted by Gasteiger charge is 2.07. The number of rotatable bonds is 4. The topological polar surface area (TPSA) is 76.2 Å². The number of nitrogen functional groups attached to an aromatic ring is 1. The molecule has 0 aliphatic carbocycles. The first-order valence-electron chi connectivity index (χ1n) is 5.75. The average Bonchev–Trinajstić information content (AvgIpc) is 2.41. The Hall–Kier alpha value is -2.01. The molecular weight excluding hydrogens is 260 g/mol. The van der Waals surface area contributed by atoms with Crippen LogP contribution in [0.25, 0.3) is 0 Å². The van der Waals surface area contributed by atoms with Crippen molar-refractivity contribution in [2.24, 2.45) is 0 Å². The van der Waals surface area contributed by atoms with E-state index < -0.39 is 5.97 Å². The van der Waals surface area contributed by atoms with Crippen molar-refractivity contribution in [2.75, 3.05) is 5.73 Å². The van der Waals surface area contributed by atoms with Gasteiger partial charge in [-0.05, 0) is 36.8 Å². The van der Waals surface area contributed by atoms with Gasteiger partial charge in [0, 0.05) is 16.3 Å². The number of pyridine rings is 1. The minimum atomic E-state index is -1.01. The molecule has 0 amide bonds. The molecule has 0 spiro atoms. The predicted molar refractivity (Wildman–Crippen MR) is 76.3 cm³/mol. The molecule has 4 nitrogen and oxygen atoms in total. The zero-order chi connectivity index (χ0) is 13.8. The molecule has 0 saturated heterocycles. The van der Waals surface area contributed by atoms with Gasteiger partial charge >= 0.3 is 5.97 Å². The molecule has 0 radical (unpaired) electrons. The fourth-order valence-corrected chi connectivity index (χ4v) is 2.59. The van der Waals surface area contributed by atoms with E-state index in [1.54, 1.807) is 17.8 Å². The fourth-order valence-electron chi connectivity index (χ4n) is 1.62. The molecule has 0 bridgehead atoms. The van der Waals surface area contributed by atoms with Gasteiger partial charge in [-0.1, -0.05) is 12.1 Å². The molecule has 0 saturated carbocycles. The third-order valence-corrected chi connectivity index (χ3v) is 3.92. The normalized spacial score (nSPS) is 10.4. The van der Waals surface area contributed by atoms with Gasteiger partial charge in [0.25, 0.3) is 0 Å². The van der Waals surface area contributed by atoms with Crippen LogP contribution in [0.4, 0.5) is 5.69 Å². The summed E-state index contributed by atoms with van der Waals surface area (Å²) in [7, 11) is 0. The van der Waals surface area contributed by atoms with Crippen LogP contribution < -0.4 is 5.73 Å². The summed E-state index contributed by atoms with van der Waals surface area (Å²) in [5, 5.41) is 8.89. The molecule has 1 aromatic heterocycles. The van der Waals surface area contributed by atoms with Crippen LogP contribution in [0.5, 0.6) is 0 Å². The van der Waals surface area contributed by atoms with Crippen molar-refractivity contribution >= 4 is 23.4 Å². The Morgan fingerprint density at radius 2 is 2.05 bits per heavy atom. The SMILES string of the molecule is Cc1c(N)cccc1SCc1cccc(C(=O)O)n1. The fraction of sp³-hybridized carbons (Fsp3) is 0.143. The second kappa shape index (κ2) is 5.75. The summed E-state index contributed by atoms with van der Waals surface area (Å²) >= 11 is 1.60. The van der Waals surface area contributed by atoms with Gasteiger partial charge in [0.05, 0.1) is 5.69 Å². The molecule has 19 heavy (non-hydrogen) atoms. The van der Waals surface area contributed by atoms with Gasteiger partial charge in [-0.15, -0.1) is 11.8 Å². The summed E-state index contributed by atoms with van der Waals surface area (Å²) in [6.07, 6.45) is 0. The Morgan fingerprint density at radius 3 is 2.79 bits per heavy atom. The highest BCUT2D eigenvalue weighted by molar-refractivity contribution is 7.98. The summed E-state index contributed by atoms with van der Waals surface area (Å²) in [5.41, 5.74) is 8.47. The van der Waals surface area contributed by atoms with E-state index in [0.717, 1.165) is 21.8 Å². The molecule has 98 valence electrons. The lowest BCUT2D eigenvalue weighted by molar-refractivity contribution is 0.0690. The van der Waals surface area contributed by atoms with Gasteiger partial charge in [0.2, 0.25) is 0 Å². The molecule has 0 aliphatic heterocycles. The van der Waals surface area contributed by atoms with Crippen LogP contribution in [0.3, 0.4) is 0 Å². The van der Waals surface area contributed by atoms with E-state index in [9.17, 15) is 4.79 Å². The lowest BCUT2D eigenvalue weighted by Crippen LogP contribution is -2.01. The van der Waals surface area contributed by atoms with Crippen LogP contribution in [0.15, 0.2) is 41.3 Å². The van der Waals surface area contributed by atoms with Crippen LogP contribution >= 0.6 is 11.8 Å². The number of hydrogen-bond acceptors (Lipinski definition) is 4. The van der Waals surface area contributed by atoms with Gasteiger partial charge in [-0.3, -0.25) is 0 Å². The first-order chi connectivity index (χ1) is 9.08. The Kier molecular flexibility index (Phi) is 4.06. The van der Waals surface area contributed by atoms with Gasteiger partial charge in [0.15, 0.2) is 0 Å². The van der Waals surface area contributed by atoms with E-state index in [-0.39, 0.29) is 5.69 Å². The quantitative estimate of drug-likeness (QED) is 0.662. The largest absolute Gasteiger partial charge is 0.477 e. The predicted octanol–water partition coefficient (Wildman–Crippen LogP) is 2.96. The molecule has 2 rings (SSSR count). The minimum Gasteiger partial charge on any atom is -0.477 e. The lowest BCUT2D eigenvalue weighted by Gasteiger charge is -2.07. The Labute approximate surface area is 115 Å².